The first-order valence-electron chi connectivity index (χ1n) is 4.17. The van der Waals surface area contributed by atoms with E-state index in [1.165, 1.54) is 0 Å². The number of carboxylic acids is 1. The molecule has 0 radical (unpaired) electrons. The van der Waals surface area contributed by atoms with Gasteiger partial charge in [-0.05, 0) is 31.7 Å². The first kappa shape index (κ1) is 8.53. The monoisotopic (exact) mass is 157 g/mol. The number of carboxylic acid groups (broad SMARTS) is 1. The number of rotatable bonds is 2. The molecule has 3 nitrogen and oxygen atoms in total. The van der Waals surface area contributed by atoms with Gasteiger partial charge in [-0.3, -0.25) is 4.79 Å². The number of aliphatic carboxylic acids is 1. The number of hydrogen-bond donors (Lipinski definition) is 2. The fourth-order valence-corrected chi connectivity index (χ4v) is 1.73. The summed E-state index contributed by atoms with van der Waals surface area (Å²) in [5.41, 5.74) is 5.47. The summed E-state index contributed by atoms with van der Waals surface area (Å²) in [7, 11) is 0. The van der Waals surface area contributed by atoms with E-state index in [0.29, 0.717) is 12.5 Å². The first-order chi connectivity index (χ1) is 5.24. The third-order valence-corrected chi connectivity index (χ3v) is 2.47. The molecule has 3 heteroatoms. The maximum Gasteiger partial charge on any atom is 0.306 e. The summed E-state index contributed by atoms with van der Waals surface area (Å²) in [6, 6.07) is 0. The van der Waals surface area contributed by atoms with Crippen molar-refractivity contribution >= 4 is 5.97 Å². The standard InChI is InChI=1S/C8H15NO2/c9-5-6-2-1-3-7(4-6)8(10)11/h6-7H,1-5,9H2,(H,10,11)/t6-,7+/m0/s1. The molecule has 0 aliphatic heterocycles. The third-order valence-electron chi connectivity index (χ3n) is 2.47. The van der Waals surface area contributed by atoms with Crippen molar-refractivity contribution < 1.29 is 9.90 Å². The minimum atomic E-state index is -0.650. The van der Waals surface area contributed by atoms with Crippen LogP contribution in [0, 0.1) is 11.8 Å². The van der Waals surface area contributed by atoms with E-state index in [9.17, 15) is 4.79 Å². The molecule has 0 saturated heterocycles. The van der Waals surface area contributed by atoms with Crippen LogP contribution in [0.15, 0.2) is 0 Å². The van der Waals surface area contributed by atoms with Crippen LogP contribution < -0.4 is 5.73 Å². The summed E-state index contributed by atoms with van der Waals surface area (Å²) in [4.78, 5) is 10.6. The minimum Gasteiger partial charge on any atom is -0.481 e. The fourth-order valence-electron chi connectivity index (χ4n) is 1.73. The van der Waals surface area contributed by atoms with Crippen molar-refractivity contribution in [3.05, 3.63) is 0 Å². The quantitative estimate of drug-likeness (QED) is 0.624. The lowest BCUT2D eigenvalue weighted by molar-refractivity contribution is -0.143. The molecule has 0 aromatic rings. The maximum atomic E-state index is 10.6. The van der Waals surface area contributed by atoms with Gasteiger partial charge in [0.25, 0.3) is 0 Å². The summed E-state index contributed by atoms with van der Waals surface area (Å²) in [5.74, 6) is -0.328. The van der Waals surface area contributed by atoms with Gasteiger partial charge in [0.15, 0.2) is 0 Å². The van der Waals surface area contributed by atoms with Crippen molar-refractivity contribution in [3.63, 3.8) is 0 Å². The van der Waals surface area contributed by atoms with E-state index in [2.05, 4.69) is 0 Å². The lowest BCUT2D eigenvalue weighted by Crippen LogP contribution is -2.26. The second-order valence-electron chi connectivity index (χ2n) is 3.30. The highest BCUT2D eigenvalue weighted by Crippen LogP contribution is 2.28. The fraction of sp³-hybridized carbons (Fsp3) is 0.875. The zero-order valence-corrected chi connectivity index (χ0v) is 6.62. The summed E-state index contributed by atoms with van der Waals surface area (Å²) in [6.07, 6.45) is 3.76. The molecule has 1 aliphatic carbocycles. The van der Waals surface area contributed by atoms with Crippen LogP contribution in [0.2, 0.25) is 0 Å². The van der Waals surface area contributed by atoms with Crippen molar-refractivity contribution in [3.8, 4) is 0 Å². The van der Waals surface area contributed by atoms with Crippen molar-refractivity contribution in [1.29, 1.82) is 0 Å². The normalized spacial score (nSPS) is 31.7. The molecule has 1 fully saturated rings. The van der Waals surface area contributed by atoms with Gasteiger partial charge in [0.05, 0.1) is 5.92 Å². The largest absolute Gasteiger partial charge is 0.481 e. The van der Waals surface area contributed by atoms with Gasteiger partial charge in [0.1, 0.15) is 0 Å². The second-order valence-corrected chi connectivity index (χ2v) is 3.30. The molecule has 3 N–H and O–H groups in total. The predicted molar refractivity (Wildman–Crippen MR) is 42.1 cm³/mol. The van der Waals surface area contributed by atoms with E-state index in [-0.39, 0.29) is 5.92 Å². The van der Waals surface area contributed by atoms with Gasteiger partial charge in [-0.1, -0.05) is 6.42 Å². The summed E-state index contributed by atoms with van der Waals surface area (Å²) >= 11 is 0. The molecule has 0 aromatic carbocycles. The zero-order valence-electron chi connectivity index (χ0n) is 6.62. The van der Waals surface area contributed by atoms with Crippen LogP contribution in [0.3, 0.4) is 0 Å². The highest BCUT2D eigenvalue weighted by Gasteiger charge is 2.25. The number of nitrogens with two attached hydrogens (primary N) is 1. The molecule has 0 unspecified atom stereocenters. The first-order valence-corrected chi connectivity index (χ1v) is 4.17. The Bertz CT molecular complexity index is 147. The lowest BCUT2D eigenvalue weighted by Gasteiger charge is -2.25. The van der Waals surface area contributed by atoms with E-state index in [0.717, 1.165) is 25.7 Å². The Kier molecular flexibility index (Phi) is 2.88. The molecule has 0 heterocycles. The van der Waals surface area contributed by atoms with E-state index in [4.69, 9.17) is 10.8 Å². The molecule has 2 atom stereocenters. The van der Waals surface area contributed by atoms with Gasteiger partial charge in [-0.2, -0.15) is 0 Å². The second kappa shape index (κ2) is 3.72. The molecule has 1 aliphatic rings. The van der Waals surface area contributed by atoms with Crippen LogP contribution >= 0.6 is 0 Å². The van der Waals surface area contributed by atoms with Crippen molar-refractivity contribution in [2.45, 2.75) is 25.7 Å². The molecular weight excluding hydrogens is 142 g/mol. The number of carbonyl (C=O) groups is 1. The van der Waals surface area contributed by atoms with Crippen LogP contribution in [0.5, 0.6) is 0 Å². The van der Waals surface area contributed by atoms with Gasteiger partial charge in [0, 0.05) is 0 Å². The topological polar surface area (TPSA) is 63.3 Å². The lowest BCUT2D eigenvalue weighted by atomic mass is 9.81. The average molecular weight is 157 g/mol. The molecule has 0 bridgehead atoms. The SMILES string of the molecule is NC[C@H]1CCC[C@@H](C(=O)O)C1. The third kappa shape index (κ3) is 2.19. The molecule has 0 spiro atoms. The van der Waals surface area contributed by atoms with Crippen molar-refractivity contribution in [2.75, 3.05) is 6.54 Å². The Hall–Kier alpha value is -0.570. The predicted octanol–water partition coefficient (Wildman–Crippen LogP) is 0.836. The Morgan fingerprint density at radius 3 is 2.82 bits per heavy atom. The van der Waals surface area contributed by atoms with Gasteiger partial charge >= 0.3 is 5.97 Å². The summed E-state index contributed by atoms with van der Waals surface area (Å²) in [5, 5.41) is 8.71. The highest BCUT2D eigenvalue weighted by atomic mass is 16.4. The molecule has 0 aromatic heterocycles. The summed E-state index contributed by atoms with van der Waals surface area (Å²) < 4.78 is 0. The van der Waals surface area contributed by atoms with Crippen LogP contribution in [0.25, 0.3) is 0 Å². The number of hydrogen-bond acceptors (Lipinski definition) is 2. The highest BCUT2D eigenvalue weighted by molar-refractivity contribution is 5.70. The molecular formula is C8H15NO2. The van der Waals surface area contributed by atoms with E-state index in [1.54, 1.807) is 0 Å². The van der Waals surface area contributed by atoms with Crippen LogP contribution in [0.1, 0.15) is 25.7 Å². The average Bonchev–Trinajstić information content (AvgIpc) is 2.05. The van der Waals surface area contributed by atoms with E-state index >= 15 is 0 Å². The van der Waals surface area contributed by atoms with Crippen molar-refractivity contribution in [1.82, 2.24) is 0 Å². The van der Waals surface area contributed by atoms with Crippen LogP contribution in [0.4, 0.5) is 0 Å². The van der Waals surface area contributed by atoms with Gasteiger partial charge in [-0.25, -0.2) is 0 Å². The molecule has 1 rings (SSSR count). The molecule has 11 heavy (non-hydrogen) atoms. The van der Waals surface area contributed by atoms with Gasteiger partial charge in [-0.15, -0.1) is 0 Å². The molecule has 1 saturated carbocycles. The zero-order chi connectivity index (χ0) is 8.27. The van der Waals surface area contributed by atoms with Crippen LogP contribution in [-0.4, -0.2) is 17.6 Å². The summed E-state index contributed by atoms with van der Waals surface area (Å²) in [6.45, 7) is 0.643. The van der Waals surface area contributed by atoms with Gasteiger partial charge in [0.2, 0.25) is 0 Å². The van der Waals surface area contributed by atoms with Crippen LogP contribution in [-0.2, 0) is 4.79 Å². The molecule has 64 valence electrons. The van der Waals surface area contributed by atoms with E-state index < -0.39 is 5.97 Å². The smallest absolute Gasteiger partial charge is 0.306 e. The Balaban J connectivity index is 2.39. The van der Waals surface area contributed by atoms with Crippen molar-refractivity contribution in [2.24, 2.45) is 17.6 Å². The Morgan fingerprint density at radius 1 is 1.55 bits per heavy atom. The van der Waals surface area contributed by atoms with Gasteiger partial charge < -0.3 is 10.8 Å². The Morgan fingerprint density at radius 2 is 2.27 bits per heavy atom. The maximum absolute atomic E-state index is 10.6. The Labute approximate surface area is 66.6 Å². The van der Waals surface area contributed by atoms with E-state index in [1.807, 2.05) is 0 Å². The molecule has 0 amide bonds. The minimum absolute atomic E-state index is 0.128.